The summed E-state index contributed by atoms with van der Waals surface area (Å²) >= 11 is 0. The molecule has 0 radical (unpaired) electrons. The molecule has 0 aliphatic rings. The van der Waals surface area contributed by atoms with Crippen molar-refractivity contribution in [2.24, 2.45) is 46.2 Å². The average molecular weight is 1880 g/mol. The first-order chi connectivity index (χ1) is 61.9. The van der Waals surface area contributed by atoms with E-state index in [1.807, 2.05) is 0 Å². The van der Waals surface area contributed by atoms with Crippen molar-refractivity contribution in [3.8, 4) is 5.75 Å². The number of hydrogen-bond acceptors (Lipinski definition) is 27. The lowest BCUT2D eigenvalue weighted by Gasteiger charge is -2.29. The molecule has 39 N–H and O–H groups in total. The number of carbonyl (C=O) groups is 19. The van der Waals surface area contributed by atoms with Crippen molar-refractivity contribution < 1.29 is 117 Å². The van der Waals surface area contributed by atoms with Gasteiger partial charge in [-0.15, -0.1) is 0 Å². The Morgan fingerprint density at radius 1 is 0.361 bits per heavy atom. The van der Waals surface area contributed by atoms with Crippen LogP contribution in [0.25, 0.3) is 0 Å². The molecule has 2 rings (SSSR count). The highest BCUT2D eigenvalue weighted by Gasteiger charge is 2.39. The lowest BCUT2D eigenvalue weighted by Crippen LogP contribution is -2.61. The minimum Gasteiger partial charge on any atom is -0.508 e. The number of phenolic OH excluding ortho intramolecular Hbond substituents is 1. The molecule has 0 aliphatic heterocycles. The number of aliphatic hydroxyl groups excluding tert-OH is 3. The van der Waals surface area contributed by atoms with E-state index >= 15 is 0 Å². The van der Waals surface area contributed by atoms with Crippen LogP contribution >= 0.6 is 0 Å². The molecular weight excluding hydrogens is 1750 g/mol. The number of rotatable bonds is 60. The number of benzene rings is 2. The van der Waals surface area contributed by atoms with Crippen LogP contribution in [0.5, 0.6) is 5.75 Å². The molecule has 742 valence electrons. The summed E-state index contributed by atoms with van der Waals surface area (Å²) in [5.74, 6) is -23.6. The Balaban J connectivity index is 0.0000884. The summed E-state index contributed by atoms with van der Waals surface area (Å²) in [6.07, 6.45) is -5.85. The largest absolute Gasteiger partial charge is 0.508 e. The highest BCUT2D eigenvalue weighted by Crippen LogP contribution is 2.16. The van der Waals surface area contributed by atoms with Crippen molar-refractivity contribution in [3.63, 3.8) is 0 Å². The first kappa shape index (κ1) is 117. The van der Waals surface area contributed by atoms with Gasteiger partial charge in [-0.1, -0.05) is 90.4 Å². The van der Waals surface area contributed by atoms with Crippen molar-refractivity contribution in [2.45, 2.75) is 250 Å². The van der Waals surface area contributed by atoms with Crippen LogP contribution in [0.2, 0.25) is 0 Å². The summed E-state index contributed by atoms with van der Waals surface area (Å²) < 4.78 is 0. The zero-order chi connectivity index (χ0) is 99.9. The normalized spacial score (nSPS) is 15.1. The number of nitrogens with two attached hydrogens (primary N) is 6. The van der Waals surface area contributed by atoms with Gasteiger partial charge in [-0.3, -0.25) is 107 Å². The summed E-state index contributed by atoms with van der Waals surface area (Å²) in [5.41, 5.74) is 33.9. The summed E-state index contributed by atoms with van der Waals surface area (Å²) in [4.78, 5) is 258. The molecule has 0 spiro atoms. The van der Waals surface area contributed by atoms with Crippen LogP contribution in [-0.4, -0.2) is 298 Å². The van der Waals surface area contributed by atoms with Gasteiger partial charge in [-0.05, 0) is 108 Å². The molecule has 0 bridgehead atoms. The minimum absolute atomic E-state index is 0. The lowest BCUT2D eigenvalue weighted by atomic mass is 9.96. The number of amides is 18. The number of primary amides is 2. The van der Waals surface area contributed by atoms with E-state index in [1.54, 1.807) is 58.0 Å². The number of hydrogen-bond donors (Lipinski definition) is 33. The molecule has 133 heavy (non-hydrogen) atoms. The fraction of sp³-hybridized carbons (Fsp3) is 0.580. The Hall–Kier alpha value is -14.2. The molecule has 52 heteroatoms. The average Bonchev–Trinajstić information content (AvgIpc) is 0.815. The van der Waals surface area contributed by atoms with Gasteiger partial charge >= 0.3 is 5.97 Å². The summed E-state index contributed by atoms with van der Waals surface area (Å²) in [7, 11) is 0. The fourth-order valence-electron chi connectivity index (χ4n) is 12.2. The molecule has 19 atom stereocenters. The molecule has 0 aliphatic carbocycles. The molecule has 0 fully saturated rings. The molecular formula is C81H134N28O24. The molecule has 0 saturated carbocycles. The Kier molecular flexibility index (Phi) is 52.6. The topological polar surface area (TPSA) is 882 Å². The Morgan fingerprint density at radius 2 is 0.699 bits per heavy atom. The van der Waals surface area contributed by atoms with Gasteiger partial charge in [0.15, 0.2) is 17.9 Å². The fourth-order valence-corrected chi connectivity index (χ4v) is 12.2. The first-order valence-corrected chi connectivity index (χ1v) is 42.3. The lowest BCUT2D eigenvalue weighted by molar-refractivity contribution is -0.141. The minimum atomic E-state index is -1.94. The van der Waals surface area contributed by atoms with Gasteiger partial charge in [0.2, 0.25) is 106 Å². The highest BCUT2D eigenvalue weighted by molar-refractivity contribution is 6.02. The van der Waals surface area contributed by atoms with E-state index < -0.39 is 277 Å². The van der Waals surface area contributed by atoms with Crippen molar-refractivity contribution in [1.29, 1.82) is 16.2 Å². The van der Waals surface area contributed by atoms with Gasteiger partial charge in [0.25, 0.3) is 0 Å². The van der Waals surface area contributed by atoms with Gasteiger partial charge in [-0.2, -0.15) is 0 Å². The van der Waals surface area contributed by atoms with E-state index in [-0.39, 0.29) is 90.6 Å². The molecule has 19 unspecified atom stereocenters. The second-order valence-electron chi connectivity index (χ2n) is 31.3. The SMILES string of the molecule is C.CCC(C)C(NC(=O)C(C)NC(=O)C(CC(N)=O)NC(=O)C(CCCNC(=N)N)NC(=O)C(CCCNC(=N)N)NC(=O)CNC(=O)C(NC(=O)C(CCCNC(=N)N)NC(=O)CNC(=O)C(CO)NC(=O)C(C)NC(=O)C(NC(=O)C(Cc1ccccc1)NC(=O)C(CC(=O)O)NC(=O)C(C)NC(=O)C(Cc1ccc(O)cc1)NC(=O)C(N)C(C)O)C(C)CC)C(C)O)C(N)=O. The molecule has 0 saturated heterocycles. The number of aliphatic carboxylic acids is 1. The standard InChI is InChI=1S/C80H130N28O24.CH4/c1-10-37(3)60(63(83)118)106-66(121)41(7)96-72(127)52(32-55(81)113)103-69(124)49(22-17-29-92-80(88)89)100-68(123)47(20-15-27-90-78(84)85)98-57(115)35-94-76(131)62(43(9)111)108-70(125)48(21-16-28-91-79(86)87)99-56(114)34-93-67(122)54(36-109)105-65(120)40(6)97-77(132)61(38(4)11-2)107-74(129)51(30-44-18-13-12-14-19-44)102-73(128)53(33-58(116)117)101-64(119)39(5)95-71(126)50(104-75(130)59(82)42(8)110)31-45-23-25-46(112)26-24-45;/h12-14,18-19,23-26,37-43,47-54,59-62,109-112H,10-11,15-17,20-22,27-36,82H2,1-9H3,(H2,81,113)(H2,83,118)(H,93,122)(H,94,131)(H,95,126)(H,96,127)(H,97,132)(H,98,115)(H,99,114)(H,100,123)(H,101,119)(H,102,128)(H,103,124)(H,104,130)(H,105,120)(H,106,121)(H,107,129)(H,108,125)(H,116,117)(H4,84,85,90)(H4,86,87,91)(H4,88,89,92);1H4. The quantitative estimate of drug-likeness (QED) is 0.0166. The monoisotopic (exact) mass is 1880 g/mol. The number of aliphatic hydroxyl groups is 3. The maximum atomic E-state index is 14.5. The number of aromatic hydroxyl groups is 1. The predicted molar refractivity (Wildman–Crippen MR) is 479 cm³/mol. The smallest absolute Gasteiger partial charge is 0.305 e. The molecule has 18 amide bonds. The van der Waals surface area contributed by atoms with E-state index in [0.29, 0.717) is 17.5 Å². The molecule has 52 nitrogen and oxygen atoms in total. The second-order valence-corrected chi connectivity index (χ2v) is 31.3. The highest BCUT2D eigenvalue weighted by atomic mass is 16.4. The van der Waals surface area contributed by atoms with Crippen LogP contribution in [0, 0.1) is 28.1 Å². The van der Waals surface area contributed by atoms with Crippen LogP contribution in [0.1, 0.15) is 145 Å². The molecule has 2 aromatic carbocycles. The van der Waals surface area contributed by atoms with Crippen LogP contribution in [0.15, 0.2) is 54.6 Å². The number of carboxylic acids is 1. The third kappa shape index (κ3) is 44.3. The molecule has 2 aromatic rings. The Labute approximate surface area is 767 Å². The van der Waals surface area contributed by atoms with Crippen molar-refractivity contribution in [1.82, 2.24) is 101 Å². The molecule has 0 aromatic heterocycles. The summed E-state index contributed by atoms with van der Waals surface area (Å²) in [5, 5.41) is 119. The zero-order valence-corrected chi connectivity index (χ0v) is 74.9. The number of carboxylic acid groups (broad SMARTS) is 1. The third-order valence-corrected chi connectivity index (χ3v) is 20.3. The number of phenols is 1. The first-order valence-electron chi connectivity index (χ1n) is 42.3. The van der Waals surface area contributed by atoms with Crippen LogP contribution in [0.3, 0.4) is 0 Å². The van der Waals surface area contributed by atoms with E-state index in [1.165, 1.54) is 45.0 Å². The number of guanidine groups is 3. The van der Waals surface area contributed by atoms with Crippen LogP contribution in [0.4, 0.5) is 0 Å². The third-order valence-electron chi connectivity index (χ3n) is 20.3. The van der Waals surface area contributed by atoms with Gasteiger partial charge in [0.1, 0.15) is 96.4 Å². The van der Waals surface area contributed by atoms with Crippen LogP contribution in [-0.2, 0) is 104 Å². The van der Waals surface area contributed by atoms with Crippen molar-refractivity contribution in [2.75, 3.05) is 39.3 Å². The van der Waals surface area contributed by atoms with Gasteiger partial charge in [0.05, 0.1) is 44.7 Å². The predicted octanol–water partition coefficient (Wildman–Crippen LogP) is -11.3. The van der Waals surface area contributed by atoms with Crippen LogP contribution < -0.4 is 135 Å². The number of carbonyl (C=O) groups excluding carboxylic acids is 18. The van der Waals surface area contributed by atoms with E-state index in [9.17, 15) is 117 Å². The maximum absolute atomic E-state index is 14.5. The van der Waals surface area contributed by atoms with Gasteiger partial charge in [-0.25, -0.2) is 0 Å². The maximum Gasteiger partial charge on any atom is 0.305 e. The zero-order valence-electron chi connectivity index (χ0n) is 74.9. The summed E-state index contributed by atoms with van der Waals surface area (Å²) in [6.45, 7) is 9.19. The summed E-state index contributed by atoms with van der Waals surface area (Å²) in [6, 6.07) is -10.6. The van der Waals surface area contributed by atoms with Crippen molar-refractivity contribution in [3.05, 3.63) is 65.7 Å². The second kappa shape index (κ2) is 59.9. The van der Waals surface area contributed by atoms with Gasteiger partial charge in [0, 0.05) is 32.5 Å². The number of nitrogens with one attached hydrogen (secondary N) is 22. The van der Waals surface area contributed by atoms with Crippen molar-refractivity contribution >= 4 is 130 Å². The van der Waals surface area contributed by atoms with E-state index in [0.717, 1.165) is 13.8 Å². The Morgan fingerprint density at radius 3 is 1.12 bits per heavy atom. The Bertz CT molecular complexity index is 4320. The van der Waals surface area contributed by atoms with Gasteiger partial charge < -0.3 is 161 Å². The van der Waals surface area contributed by atoms with E-state index in [2.05, 4.69) is 101 Å². The molecule has 0 heterocycles. The van der Waals surface area contributed by atoms with E-state index in [4.69, 9.17) is 50.6 Å².